The Kier molecular flexibility index (Phi) is 6.50. The molecule has 9 heteroatoms. The number of nitrogens with zero attached hydrogens (tertiary/aromatic N) is 3. The van der Waals surface area contributed by atoms with Gasteiger partial charge in [0.15, 0.2) is 0 Å². The summed E-state index contributed by atoms with van der Waals surface area (Å²) in [6.07, 6.45) is 4.70. The Morgan fingerprint density at radius 2 is 2.12 bits per heavy atom. The molecule has 32 heavy (non-hydrogen) atoms. The van der Waals surface area contributed by atoms with Crippen molar-refractivity contribution in [2.45, 2.75) is 25.4 Å². The quantitative estimate of drug-likeness (QED) is 0.492. The Bertz CT molecular complexity index is 1160. The molecule has 0 aliphatic carbocycles. The van der Waals surface area contributed by atoms with Crippen LogP contribution in [-0.4, -0.2) is 40.5 Å². The number of carbonyl (C=O) groups excluding carboxylic acids is 1. The smallest absolute Gasteiger partial charge is 0.387 e. The van der Waals surface area contributed by atoms with Gasteiger partial charge in [-0.15, -0.1) is 0 Å². The molecule has 1 aliphatic rings. The third-order valence-electron chi connectivity index (χ3n) is 5.45. The van der Waals surface area contributed by atoms with E-state index >= 15 is 0 Å². The number of carbonyl (C=O) groups is 1. The summed E-state index contributed by atoms with van der Waals surface area (Å²) in [5.41, 5.74) is 2.42. The van der Waals surface area contributed by atoms with Crippen molar-refractivity contribution >= 4 is 39.9 Å². The molecule has 1 unspecified atom stereocenters. The first kappa shape index (κ1) is 22.0. The number of nitrogens with one attached hydrogen (secondary N) is 1. The molecule has 0 saturated carbocycles. The lowest BCUT2D eigenvalue weighted by Gasteiger charge is -2.32. The molecule has 1 amide bonds. The number of aromatic nitrogens is 2. The maximum atomic E-state index is 12.5. The van der Waals surface area contributed by atoms with E-state index in [1.165, 1.54) is 24.5 Å². The van der Waals surface area contributed by atoms with Crippen LogP contribution in [-0.2, 0) is 4.79 Å². The third kappa shape index (κ3) is 4.80. The van der Waals surface area contributed by atoms with E-state index in [0.717, 1.165) is 35.9 Å². The highest BCUT2D eigenvalue weighted by atomic mass is 35.5. The van der Waals surface area contributed by atoms with Gasteiger partial charge in [-0.1, -0.05) is 24.2 Å². The first-order valence-corrected chi connectivity index (χ1v) is 10.5. The molecule has 2 heterocycles. The third-order valence-corrected chi connectivity index (χ3v) is 5.74. The Labute approximate surface area is 188 Å². The largest absolute Gasteiger partial charge is 0.433 e. The van der Waals surface area contributed by atoms with Gasteiger partial charge in [-0.3, -0.25) is 4.79 Å². The number of anilines is 2. The van der Waals surface area contributed by atoms with Crippen LogP contribution in [0.25, 0.3) is 10.9 Å². The van der Waals surface area contributed by atoms with E-state index in [1.807, 2.05) is 23.1 Å². The number of piperidine rings is 1. The topological polar surface area (TPSA) is 67.4 Å². The average molecular weight is 459 g/mol. The summed E-state index contributed by atoms with van der Waals surface area (Å²) >= 11 is 6.07. The first-order chi connectivity index (χ1) is 15.4. The van der Waals surface area contributed by atoms with Gasteiger partial charge in [0.2, 0.25) is 5.91 Å². The van der Waals surface area contributed by atoms with Gasteiger partial charge < -0.3 is 15.0 Å². The van der Waals surface area contributed by atoms with Crippen LogP contribution in [0.1, 0.15) is 24.3 Å². The minimum Gasteiger partial charge on any atom is -0.433 e. The van der Waals surface area contributed by atoms with Crippen molar-refractivity contribution in [3.8, 4) is 5.75 Å². The van der Waals surface area contributed by atoms with Crippen LogP contribution in [0.3, 0.4) is 0 Å². The Morgan fingerprint density at radius 3 is 2.88 bits per heavy atom. The molecule has 1 saturated heterocycles. The molecule has 2 aromatic carbocycles. The van der Waals surface area contributed by atoms with Crippen LogP contribution in [0.4, 0.5) is 20.3 Å². The molecule has 1 atom stereocenters. The van der Waals surface area contributed by atoms with E-state index in [0.29, 0.717) is 18.1 Å². The number of alkyl halides is 2. The van der Waals surface area contributed by atoms with Crippen molar-refractivity contribution in [1.82, 2.24) is 14.9 Å². The fraction of sp³-hybridized carbons (Fsp3) is 0.261. The molecular weight excluding hydrogens is 438 g/mol. The minimum absolute atomic E-state index is 0.0580. The summed E-state index contributed by atoms with van der Waals surface area (Å²) in [6.45, 7) is 2.00. The van der Waals surface area contributed by atoms with Gasteiger partial charge in [-0.2, -0.15) is 8.78 Å². The maximum Gasteiger partial charge on any atom is 0.387 e. The zero-order valence-corrected chi connectivity index (χ0v) is 17.9. The van der Waals surface area contributed by atoms with E-state index < -0.39 is 6.61 Å². The van der Waals surface area contributed by atoms with Crippen molar-refractivity contribution in [1.29, 1.82) is 0 Å². The van der Waals surface area contributed by atoms with Crippen LogP contribution in [0.15, 0.2) is 55.4 Å². The van der Waals surface area contributed by atoms with E-state index in [9.17, 15) is 13.6 Å². The molecule has 6 nitrogen and oxygen atoms in total. The summed E-state index contributed by atoms with van der Waals surface area (Å²) in [6, 6.07) is 10.4. The Morgan fingerprint density at radius 1 is 1.28 bits per heavy atom. The van der Waals surface area contributed by atoms with Gasteiger partial charge in [-0.25, -0.2) is 9.97 Å². The van der Waals surface area contributed by atoms with Crippen molar-refractivity contribution in [3.63, 3.8) is 0 Å². The van der Waals surface area contributed by atoms with Crippen LogP contribution >= 0.6 is 11.6 Å². The maximum absolute atomic E-state index is 12.5. The second-order valence-electron chi connectivity index (χ2n) is 7.48. The summed E-state index contributed by atoms with van der Waals surface area (Å²) in [5, 5.41) is 4.04. The van der Waals surface area contributed by atoms with Gasteiger partial charge in [0.1, 0.15) is 17.9 Å². The van der Waals surface area contributed by atoms with Gasteiger partial charge in [0.05, 0.1) is 10.5 Å². The minimum atomic E-state index is -2.95. The normalized spacial score (nSPS) is 16.2. The molecule has 0 bridgehead atoms. The fourth-order valence-corrected chi connectivity index (χ4v) is 4.14. The lowest BCUT2D eigenvalue weighted by atomic mass is 9.90. The molecule has 3 aromatic rings. The van der Waals surface area contributed by atoms with Gasteiger partial charge in [0, 0.05) is 30.1 Å². The standard InChI is InChI=1S/C23H21ClF2N4O2/c1-2-21(31)30-9-3-4-15(12-30)14-5-7-19-17(10-14)22(28-13-27-19)29-16-6-8-20(18(24)11-16)32-23(25)26/h2,5-8,10-11,13,15,23H,1,3-4,9,12H2,(H,27,28,29). The summed E-state index contributed by atoms with van der Waals surface area (Å²) in [5.74, 6) is 0.603. The number of rotatable bonds is 6. The number of amides is 1. The van der Waals surface area contributed by atoms with E-state index in [4.69, 9.17) is 11.6 Å². The van der Waals surface area contributed by atoms with E-state index in [1.54, 1.807) is 6.07 Å². The molecule has 4 rings (SSSR count). The highest BCUT2D eigenvalue weighted by molar-refractivity contribution is 6.32. The van der Waals surface area contributed by atoms with Gasteiger partial charge in [-0.05, 0) is 54.8 Å². The predicted molar refractivity (Wildman–Crippen MR) is 120 cm³/mol. The second-order valence-corrected chi connectivity index (χ2v) is 7.88. The lowest BCUT2D eigenvalue weighted by Crippen LogP contribution is -2.38. The fourth-order valence-electron chi connectivity index (χ4n) is 3.91. The SMILES string of the molecule is C=CC(=O)N1CCCC(c2ccc3ncnc(Nc4ccc(OC(F)F)c(Cl)c4)c3c2)C1. The molecule has 1 aliphatic heterocycles. The molecule has 1 N–H and O–H groups in total. The number of hydrogen-bond acceptors (Lipinski definition) is 5. The van der Waals surface area contributed by atoms with Crippen LogP contribution < -0.4 is 10.1 Å². The monoisotopic (exact) mass is 458 g/mol. The molecule has 166 valence electrons. The molecule has 0 spiro atoms. The summed E-state index contributed by atoms with van der Waals surface area (Å²) in [7, 11) is 0. The lowest BCUT2D eigenvalue weighted by molar-refractivity contribution is -0.127. The van der Waals surface area contributed by atoms with Gasteiger partial charge >= 0.3 is 6.61 Å². The first-order valence-electron chi connectivity index (χ1n) is 10.1. The van der Waals surface area contributed by atoms with E-state index in [-0.39, 0.29) is 22.6 Å². The number of ether oxygens (including phenoxy) is 1. The zero-order chi connectivity index (χ0) is 22.7. The highest BCUT2D eigenvalue weighted by Gasteiger charge is 2.24. The van der Waals surface area contributed by atoms with Crippen LogP contribution in [0.2, 0.25) is 5.02 Å². The van der Waals surface area contributed by atoms with Crippen LogP contribution in [0, 0.1) is 0 Å². The van der Waals surface area contributed by atoms with Crippen molar-refractivity contribution in [2.24, 2.45) is 0 Å². The highest BCUT2D eigenvalue weighted by Crippen LogP contribution is 2.33. The summed E-state index contributed by atoms with van der Waals surface area (Å²) < 4.78 is 29.3. The number of halogens is 3. The second kappa shape index (κ2) is 9.48. The molecular formula is C23H21ClF2N4O2. The molecule has 1 aromatic heterocycles. The summed E-state index contributed by atoms with van der Waals surface area (Å²) in [4.78, 5) is 22.5. The van der Waals surface area contributed by atoms with Crippen molar-refractivity contribution in [2.75, 3.05) is 18.4 Å². The van der Waals surface area contributed by atoms with Crippen LogP contribution in [0.5, 0.6) is 5.75 Å². The predicted octanol–water partition coefficient (Wildman–Crippen LogP) is 5.52. The Balaban J connectivity index is 1.61. The Hall–Kier alpha value is -3.26. The van der Waals surface area contributed by atoms with Crippen molar-refractivity contribution in [3.05, 3.63) is 66.0 Å². The zero-order valence-electron chi connectivity index (χ0n) is 17.1. The number of benzene rings is 2. The number of likely N-dealkylation sites (tertiary alicyclic amines) is 1. The van der Waals surface area contributed by atoms with Gasteiger partial charge in [0.25, 0.3) is 0 Å². The number of hydrogen-bond donors (Lipinski definition) is 1. The average Bonchev–Trinajstić information content (AvgIpc) is 2.80. The number of fused-ring (bicyclic) bond motifs is 1. The van der Waals surface area contributed by atoms with E-state index in [2.05, 4.69) is 26.6 Å². The molecule has 1 fully saturated rings. The molecule has 0 radical (unpaired) electrons. The van der Waals surface area contributed by atoms with Crippen molar-refractivity contribution < 1.29 is 18.3 Å².